The molecule has 7 heteroatoms. The second-order valence-corrected chi connectivity index (χ2v) is 5.29. The number of para-hydroxylation sites is 1. The molecule has 2 heterocycles. The summed E-state index contributed by atoms with van der Waals surface area (Å²) < 4.78 is 16.0. The van der Waals surface area contributed by atoms with Gasteiger partial charge in [-0.1, -0.05) is 12.1 Å². The number of carbonyl (C=O) groups is 2. The quantitative estimate of drug-likeness (QED) is 0.886. The van der Waals surface area contributed by atoms with Crippen molar-refractivity contribution in [1.29, 1.82) is 0 Å². The summed E-state index contributed by atoms with van der Waals surface area (Å²) in [6.07, 6.45) is 0.778. The minimum absolute atomic E-state index is 0.0382. The van der Waals surface area contributed by atoms with E-state index in [-0.39, 0.29) is 25.7 Å². The number of hydrogen-bond donors (Lipinski definition) is 1. The number of hydrogen-bond acceptors (Lipinski definition) is 5. The van der Waals surface area contributed by atoms with Gasteiger partial charge in [0.1, 0.15) is 6.61 Å². The number of fused-ring (bicyclic) bond motifs is 1. The van der Waals surface area contributed by atoms with Gasteiger partial charge in [-0.2, -0.15) is 0 Å². The molecule has 0 aliphatic carbocycles. The van der Waals surface area contributed by atoms with E-state index in [1.165, 1.54) is 4.90 Å². The van der Waals surface area contributed by atoms with Gasteiger partial charge in [-0.3, -0.25) is 4.79 Å². The number of morpholine rings is 1. The van der Waals surface area contributed by atoms with E-state index in [0.717, 1.165) is 5.56 Å². The average Bonchev–Trinajstić information content (AvgIpc) is 2.60. The van der Waals surface area contributed by atoms with Crippen molar-refractivity contribution in [3.8, 4) is 11.5 Å². The predicted molar refractivity (Wildman–Crippen MR) is 80.4 cm³/mol. The standard InChI is InChI=1S/C16H17NO6/c1-21-12-4-2-3-10-7-11(9-23-14(10)12)15(18)17-5-6-22-13(8-17)16(19)20/h2-4,7,13H,5-6,8-9H2,1H3,(H,19,20). The molecule has 7 nitrogen and oxygen atoms in total. The highest BCUT2D eigenvalue weighted by Gasteiger charge is 2.31. The van der Waals surface area contributed by atoms with Crippen LogP contribution in [0.5, 0.6) is 11.5 Å². The largest absolute Gasteiger partial charge is 0.493 e. The van der Waals surface area contributed by atoms with Crippen LogP contribution in [0.4, 0.5) is 0 Å². The summed E-state index contributed by atoms with van der Waals surface area (Å²) in [5, 5.41) is 9.02. The van der Waals surface area contributed by atoms with E-state index in [1.807, 2.05) is 12.1 Å². The van der Waals surface area contributed by atoms with Gasteiger partial charge in [0.15, 0.2) is 17.6 Å². The van der Waals surface area contributed by atoms with Gasteiger partial charge in [-0.25, -0.2) is 4.79 Å². The van der Waals surface area contributed by atoms with Crippen molar-refractivity contribution in [1.82, 2.24) is 4.90 Å². The molecule has 0 bridgehead atoms. The number of ether oxygens (including phenoxy) is 3. The van der Waals surface area contributed by atoms with E-state index in [9.17, 15) is 9.59 Å². The van der Waals surface area contributed by atoms with Crippen LogP contribution in [-0.4, -0.2) is 61.4 Å². The van der Waals surface area contributed by atoms with Crippen LogP contribution in [0.2, 0.25) is 0 Å². The molecule has 0 spiro atoms. The van der Waals surface area contributed by atoms with E-state index < -0.39 is 12.1 Å². The summed E-state index contributed by atoms with van der Waals surface area (Å²) in [5.41, 5.74) is 1.25. The molecule has 2 aliphatic rings. The van der Waals surface area contributed by atoms with Gasteiger partial charge >= 0.3 is 5.97 Å². The van der Waals surface area contributed by atoms with Crippen LogP contribution in [0.25, 0.3) is 6.08 Å². The van der Waals surface area contributed by atoms with Crippen LogP contribution < -0.4 is 9.47 Å². The normalized spacial score (nSPS) is 20.1. The summed E-state index contributed by atoms with van der Waals surface area (Å²) in [5.74, 6) is -0.0704. The Morgan fingerprint density at radius 2 is 2.22 bits per heavy atom. The Bertz CT molecular complexity index is 669. The molecule has 1 amide bonds. The molecule has 0 radical (unpaired) electrons. The first kappa shape index (κ1) is 15.4. The zero-order valence-electron chi connectivity index (χ0n) is 12.7. The van der Waals surface area contributed by atoms with E-state index >= 15 is 0 Å². The van der Waals surface area contributed by atoms with Crippen LogP contribution >= 0.6 is 0 Å². The summed E-state index contributed by atoms with van der Waals surface area (Å²) in [4.78, 5) is 25.1. The Morgan fingerprint density at radius 3 is 2.96 bits per heavy atom. The molecule has 122 valence electrons. The molecular weight excluding hydrogens is 302 g/mol. The first-order chi connectivity index (χ1) is 11.1. The van der Waals surface area contributed by atoms with Crippen molar-refractivity contribution in [3.63, 3.8) is 0 Å². The minimum atomic E-state index is -1.06. The second kappa shape index (κ2) is 6.29. The van der Waals surface area contributed by atoms with Crippen molar-refractivity contribution in [2.24, 2.45) is 0 Å². The van der Waals surface area contributed by atoms with E-state index in [2.05, 4.69) is 0 Å². The molecular formula is C16H17NO6. The third-order valence-electron chi connectivity index (χ3n) is 3.83. The number of nitrogens with zero attached hydrogens (tertiary/aromatic N) is 1. The summed E-state index contributed by atoms with van der Waals surface area (Å²) in [6.45, 7) is 0.740. The minimum Gasteiger partial charge on any atom is -0.493 e. The molecule has 1 aromatic rings. The highest BCUT2D eigenvalue weighted by atomic mass is 16.5. The van der Waals surface area contributed by atoms with Crippen molar-refractivity contribution < 1.29 is 28.9 Å². The maximum atomic E-state index is 12.6. The lowest BCUT2D eigenvalue weighted by Crippen LogP contribution is -2.49. The fourth-order valence-electron chi connectivity index (χ4n) is 2.65. The molecule has 1 aromatic carbocycles. The molecule has 1 unspecified atom stereocenters. The highest BCUT2D eigenvalue weighted by molar-refractivity contribution is 5.99. The summed E-state index contributed by atoms with van der Waals surface area (Å²) in [7, 11) is 1.56. The number of carboxylic acid groups (broad SMARTS) is 1. The number of methoxy groups -OCH3 is 1. The van der Waals surface area contributed by atoms with Crippen LogP contribution in [0.1, 0.15) is 5.56 Å². The molecule has 3 rings (SSSR count). The van der Waals surface area contributed by atoms with E-state index in [4.69, 9.17) is 19.3 Å². The van der Waals surface area contributed by atoms with Crippen molar-refractivity contribution in [2.75, 3.05) is 33.4 Å². The zero-order chi connectivity index (χ0) is 16.4. The number of carboxylic acids is 1. The smallest absolute Gasteiger partial charge is 0.334 e. The third-order valence-corrected chi connectivity index (χ3v) is 3.83. The Kier molecular flexibility index (Phi) is 4.20. The topological polar surface area (TPSA) is 85.3 Å². The van der Waals surface area contributed by atoms with Crippen LogP contribution in [-0.2, 0) is 14.3 Å². The first-order valence-corrected chi connectivity index (χ1v) is 7.24. The van der Waals surface area contributed by atoms with Gasteiger partial charge in [0.2, 0.25) is 0 Å². The molecule has 0 aromatic heterocycles. The number of carbonyl (C=O) groups excluding carboxylic acids is 1. The molecule has 2 aliphatic heterocycles. The summed E-state index contributed by atoms with van der Waals surface area (Å²) >= 11 is 0. The lowest BCUT2D eigenvalue weighted by atomic mass is 10.1. The van der Waals surface area contributed by atoms with Crippen molar-refractivity contribution >= 4 is 18.0 Å². The van der Waals surface area contributed by atoms with Crippen LogP contribution in [0.15, 0.2) is 23.8 Å². The van der Waals surface area contributed by atoms with Gasteiger partial charge in [-0.05, 0) is 12.1 Å². The second-order valence-electron chi connectivity index (χ2n) is 5.29. The maximum absolute atomic E-state index is 12.6. The molecule has 1 atom stereocenters. The van der Waals surface area contributed by atoms with Crippen molar-refractivity contribution in [3.05, 3.63) is 29.3 Å². The van der Waals surface area contributed by atoms with Gasteiger partial charge in [0.05, 0.1) is 25.8 Å². The fraction of sp³-hybridized carbons (Fsp3) is 0.375. The highest BCUT2D eigenvalue weighted by Crippen LogP contribution is 2.35. The van der Waals surface area contributed by atoms with Gasteiger partial charge < -0.3 is 24.2 Å². The average molecular weight is 319 g/mol. The van der Waals surface area contributed by atoms with Gasteiger partial charge in [0, 0.05) is 12.1 Å². The number of aliphatic carboxylic acids is 1. The van der Waals surface area contributed by atoms with E-state index in [0.29, 0.717) is 23.6 Å². The first-order valence-electron chi connectivity index (χ1n) is 7.24. The molecule has 1 fully saturated rings. The molecule has 1 N–H and O–H groups in total. The van der Waals surface area contributed by atoms with Gasteiger partial charge in [0.25, 0.3) is 5.91 Å². The third kappa shape index (κ3) is 3.00. The summed E-state index contributed by atoms with van der Waals surface area (Å²) in [6, 6.07) is 5.45. The number of rotatable bonds is 3. The van der Waals surface area contributed by atoms with Crippen molar-refractivity contribution in [2.45, 2.75) is 6.10 Å². The maximum Gasteiger partial charge on any atom is 0.334 e. The van der Waals surface area contributed by atoms with Gasteiger partial charge in [-0.15, -0.1) is 0 Å². The lowest BCUT2D eigenvalue weighted by molar-refractivity contribution is -0.158. The predicted octanol–water partition coefficient (Wildman–Crippen LogP) is 0.783. The molecule has 23 heavy (non-hydrogen) atoms. The fourth-order valence-corrected chi connectivity index (χ4v) is 2.65. The molecule has 1 saturated heterocycles. The number of amides is 1. The van der Waals surface area contributed by atoms with Crippen LogP contribution in [0.3, 0.4) is 0 Å². The Hall–Kier alpha value is -2.54. The zero-order valence-corrected chi connectivity index (χ0v) is 12.7. The molecule has 0 saturated carbocycles. The number of benzene rings is 1. The Balaban J connectivity index is 1.80. The Labute approximate surface area is 133 Å². The monoisotopic (exact) mass is 319 g/mol. The SMILES string of the molecule is COc1cccc2c1OCC(C(=O)N1CCOC(C(=O)O)C1)=C2. The lowest BCUT2D eigenvalue weighted by Gasteiger charge is -2.32. The Morgan fingerprint density at radius 1 is 1.39 bits per heavy atom. The van der Waals surface area contributed by atoms with E-state index in [1.54, 1.807) is 19.3 Å². The van der Waals surface area contributed by atoms with Crippen LogP contribution in [0, 0.1) is 0 Å².